The van der Waals surface area contributed by atoms with Gasteiger partial charge in [-0.2, -0.15) is 0 Å². The van der Waals surface area contributed by atoms with Gasteiger partial charge in [-0.3, -0.25) is 4.79 Å². The van der Waals surface area contributed by atoms with Crippen molar-refractivity contribution in [1.82, 2.24) is 4.90 Å². The van der Waals surface area contributed by atoms with Crippen LogP contribution in [0.1, 0.15) is 31.4 Å². The van der Waals surface area contributed by atoms with Crippen molar-refractivity contribution in [1.29, 1.82) is 0 Å². The third-order valence-corrected chi connectivity index (χ3v) is 3.59. The van der Waals surface area contributed by atoms with Crippen LogP contribution in [-0.2, 0) is 11.3 Å². The highest BCUT2D eigenvalue weighted by Crippen LogP contribution is 2.25. The van der Waals surface area contributed by atoms with Crippen molar-refractivity contribution in [3.05, 3.63) is 24.2 Å². The SMILES string of the molecule is O=C(CBr)N(Cc1ccco1)C1CCCC1. The summed E-state index contributed by atoms with van der Waals surface area (Å²) in [5.74, 6) is 1.02. The van der Waals surface area contributed by atoms with Crippen molar-refractivity contribution >= 4 is 21.8 Å². The van der Waals surface area contributed by atoms with Crippen LogP contribution in [0.15, 0.2) is 22.8 Å². The average molecular weight is 286 g/mol. The summed E-state index contributed by atoms with van der Waals surface area (Å²) in [5, 5.41) is 0.393. The molecular weight excluding hydrogens is 270 g/mol. The van der Waals surface area contributed by atoms with E-state index in [-0.39, 0.29) is 5.91 Å². The molecule has 0 saturated heterocycles. The van der Waals surface area contributed by atoms with Crippen LogP contribution in [0.3, 0.4) is 0 Å². The Balaban J connectivity index is 2.04. The number of rotatable bonds is 4. The van der Waals surface area contributed by atoms with E-state index in [1.54, 1.807) is 6.26 Å². The second-order valence-corrected chi connectivity index (χ2v) is 4.73. The highest BCUT2D eigenvalue weighted by Gasteiger charge is 2.26. The third kappa shape index (κ3) is 2.67. The van der Waals surface area contributed by atoms with Gasteiger partial charge in [0, 0.05) is 6.04 Å². The maximum absolute atomic E-state index is 11.9. The van der Waals surface area contributed by atoms with Gasteiger partial charge in [0.25, 0.3) is 0 Å². The second kappa shape index (κ2) is 5.53. The molecule has 1 saturated carbocycles. The Hall–Kier alpha value is -0.770. The molecule has 0 bridgehead atoms. The number of carbonyl (C=O) groups excluding carboxylic acids is 1. The van der Waals surface area contributed by atoms with Crippen LogP contribution >= 0.6 is 15.9 Å². The molecule has 0 unspecified atom stereocenters. The molecule has 0 atom stereocenters. The average Bonchev–Trinajstić information content (AvgIpc) is 2.97. The first kappa shape index (κ1) is 11.7. The molecule has 0 radical (unpaired) electrons. The second-order valence-electron chi connectivity index (χ2n) is 4.17. The van der Waals surface area contributed by atoms with E-state index in [0.29, 0.717) is 17.9 Å². The lowest BCUT2D eigenvalue weighted by Gasteiger charge is -2.27. The van der Waals surface area contributed by atoms with Gasteiger partial charge in [0.15, 0.2) is 0 Å². The van der Waals surface area contributed by atoms with Crippen molar-refractivity contribution in [3.63, 3.8) is 0 Å². The fourth-order valence-corrected chi connectivity index (χ4v) is 2.61. The zero-order valence-corrected chi connectivity index (χ0v) is 10.8. The molecule has 0 aromatic carbocycles. The van der Waals surface area contributed by atoms with Crippen LogP contribution in [0.4, 0.5) is 0 Å². The fraction of sp³-hybridized carbons (Fsp3) is 0.583. The summed E-state index contributed by atoms with van der Waals surface area (Å²) < 4.78 is 5.31. The van der Waals surface area contributed by atoms with E-state index in [1.165, 1.54) is 12.8 Å². The van der Waals surface area contributed by atoms with Crippen LogP contribution in [0.5, 0.6) is 0 Å². The highest BCUT2D eigenvalue weighted by atomic mass is 79.9. The molecular formula is C12H16BrNO2. The Bertz CT molecular complexity index is 331. The molecule has 1 amide bonds. The Morgan fingerprint density at radius 2 is 2.25 bits per heavy atom. The van der Waals surface area contributed by atoms with Crippen LogP contribution in [0.25, 0.3) is 0 Å². The van der Waals surface area contributed by atoms with E-state index in [4.69, 9.17) is 4.42 Å². The molecule has 0 spiro atoms. The van der Waals surface area contributed by atoms with Crippen molar-refractivity contribution in [2.24, 2.45) is 0 Å². The minimum Gasteiger partial charge on any atom is -0.467 e. The normalized spacial score (nSPS) is 16.6. The Kier molecular flexibility index (Phi) is 4.04. The van der Waals surface area contributed by atoms with Crippen molar-refractivity contribution in [2.45, 2.75) is 38.3 Å². The molecule has 0 N–H and O–H groups in total. The summed E-state index contributed by atoms with van der Waals surface area (Å²) >= 11 is 3.24. The monoisotopic (exact) mass is 285 g/mol. The van der Waals surface area contributed by atoms with Crippen LogP contribution < -0.4 is 0 Å². The van der Waals surface area contributed by atoms with Crippen molar-refractivity contribution in [2.75, 3.05) is 5.33 Å². The smallest absolute Gasteiger partial charge is 0.233 e. The number of furan rings is 1. The summed E-state index contributed by atoms with van der Waals surface area (Å²) in [4.78, 5) is 13.8. The van der Waals surface area contributed by atoms with Crippen molar-refractivity contribution < 1.29 is 9.21 Å². The van der Waals surface area contributed by atoms with Gasteiger partial charge in [-0.1, -0.05) is 28.8 Å². The maximum Gasteiger partial charge on any atom is 0.233 e. The molecule has 1 heterocycles. The quantitative estimate of drug-likeness (QED) is 0.797. The Morgan fingerprint density at radius 1 is 1.50 bits per heavy atom. The molecule has 0 aliphatic heterocycles. The van der Waals surface area contributed by atoms with Gasteiger partial charge in [-0.15, -0.1) is 0 Å². The number of halogens is 1. The molecule has 1 aromatic rings. The molecule has 1 fully saturated rings. The van der Waals surface area contributed by atoms with E-state index in [0.717, 1.165) is 18.6 Å². The molecule has 1 aliphatic rings. The Morgan fingerprint density at radius 3 is 2.81 bits per heavy atom. The van der Waals surface area contributed by atoms with Crippen LogP contribution in [-0.4, -0.2) is 22.2 Å². The molecule has 2 rings (SSSR count). The van der Waals surface area contributed by atoms with E-state index >= 15 is 0 Å². The lowest BCUT2D eigenvalue weighted by molar-refractivity contribution is -0.131. The van der Waals surface area contributed by atoms with Gasteiger partial charge >= 0.3 is 0 Å². The lowest BCUT2D eigenvalue weighted by atomic mass is 10.2. The Labute approximate surface area is 104 Å². The standard InChI is InChI=1S/C12H16BrNO2/c13-8-12(15)14(10-4-1-2-5-10)9-11-6-3-7-16-11/h3,6-7,10H,1-2,4-5,8-9H2. The van der Waals surface area contributed by atoms with Gasteiger partial charge in [0.1, 0.15) is 5.76 Å². The number of carbonyl (C=O) groups is 1. The van der Waals surface area contributed by atoms with Gasteiger partial charge < -0.3 is 9.32 Å². The first-order valence-electron chi connectivity index (χ1n) is 5.69. The van der Waals surface area contributed by atoms with E-state index in [1.807, 2.05) is 17.0 Å². The van der Waals surface area contributed by atoms with Gasteiger partial charge in [0.2, 0.25) is 5.91 Å². The predicted molar refractivity (Wildman–Crippen MR) is 65.3 cm³/mol. The zero-order chi connectivity index (χ0) is 11.4. The molecule has 1 aliphatic carbocycles. The summed E-state index contributed by atoms with van der Waals surface area (Å²) in [6.45, 7) is 0.599. The first-order chi connectivity index (χ1) is 7.81. The minimum atomic E-state index is 0.156. The van der Waals surface area contributed by atoms with Gasteiger partial charge in [0.05, 0.1) is 18.1 Å². The van der Waals surface area contributed by atoms with Gasteiger partial charge in [-0.25, -0.2) is 0 Å². The molecule has 4 heteroatoms. The summed E-state index contributed by atoms with van der Waals surface area (Å²) in [7, 11) is 0. The molecule has 1 aromatic heterocycles. The maximum atomic E-state index is 11.9. The summed E-state index contributed by atoms with van der Waals surface area (Å²) in [5.41, 5.74) is 0. The fourth-order valence-electron chi connectivity index (χ4n) is 2.28. The van der Waals surface area contributed by atoms with E-state index in [2.05, 4.69) is 15.9 Å². The third-order valence-electron chi connectivity index (χ3n) is 3.11. The van der Waals surface area contributed by atoms with Crippen LogP contribution in [0, 0.1) is 0 Å². The molecule has 16 heavy (non-hydrogen) atoms. The largest absolute Gasteiger partial charge is 0.467 e. The van der Waals surface area contributed by atoms with Gasteiger partial charge in [-0.05, 0) is 25.0 Å². The number of hydrogen-bond acceptors (Lipinski definition) is 2. The number of alkyl halides is 1. The number of amides is 1. The molecule has 3 nitrogen and oxygen atoms in total. The lowest BCUT2D eigenvalue weighted by Crippen LogP contribution is -2.38. The summed E-state index contributed by atoms with van der Waals surface area (Å²) in [6, 6.07) is 4.18. The first-order valence-corrected chi connectivity index (χ1v) is 6.81. The topological polar surface area (TPSA) is 33.5 Å². The molecule has 88 valence electrons. The minimum absolute atomic E-state index is 0.156. The van der Waals surface area contributed by atoms with Crippen molar-refractivity contribution in [3.8, 4) is 0 Å². The van der Waals surface area contributed by atoms with Crippen LogP contribution in [0.2, 0.25) is 0 Å². The summed E-state index contributed by atoms with van der Waals surface area (Å²) in [6.07, 6.45) is 6.36. The number of hydrogen-bond donors (Lipinski definition) is 0. The number of nitrogens with zero attached hydrogens (tertiary/aromatic N) is 1. The predicted octanol–water partition coefficient (Wildman–Crippen LogP) is 2.95. The van der Waals surface area contributed by atoms with E-state index in [9.17, 15) is 4.79 Å². The van der Waals surface area contributed by atoms with E-state index < -0.39 is 0 Å². The zero-order valence-electron chi connectivity index (χ0n) is 9.19. The highest BCUT2D eigenvalue weighted by molar-refractivity contribution is 9.09.